The van der Waals surface area contributed by atoms with Gasteiger partial charge in [0.25, 0.3) is 0 Å². The first-order valence-electron chi connectivity index (χ1n) is 6.74. The summed E-state index contributed by atoms with van der Waals surface area (Å²) in [6.07, 6.45) is 1.20. The third-order valence-electron chi connectivity index (χ3n) is 3.91. The van der Waals surface area contributed by atoms with E-state index in [0.29, 0.717) is 18.6 Å². The van der Waals surface area contributed by atoms with Crippen molar-refractivity contribution in [1.29, 1.82) is 0 Å². The number of ether oxygens (including phenoxy) is 1. The minimum Gasteiger partial charge on any atom is -0.380 e. The molecule has 2 N–H and O–H groups in total. The van der Waals surface area contributed by atoms with Gasteiger partial charge in [0.05, 0.1) is 6.61 Å². The average molecular weight is 248 g/mol. The number of methoxy groups -OCH3 is 1. The molecule has 18 heavy (non-hydrogen) atoms. The number of nitrogens with two attached hydrogens (primary N) is 1. The predicted molar refractivity (Wildman–Crippen MR) is 74.2 cm³/mol. The molecule has 1 aromatic rings. The highest BCUT2D eigenvalue weighted by Crippen LogP contribution is 2.19. The van der Waals surface area contributed by atoms with Crippen LogP contribution in [0.4, 0.5) is 0 Å². The zero-order valence-electron chi connectivity index (χ0n) is 11.4. The smallest absolute Gasteiger partial charge is 0.0716 e. The van der Waals surface area contributed by atoms with Gasteiger partial charge >= 0.3 is 0 Å². The van der Waals surface area contributed by atoms with E-state index in [9.17, 15) is 0 Å². The normalized spacial score (nSPS) is 25.3. The van der Waals surface area contributed by atoms with E-state index < -0.39 is 0 Å². The molecule has 1 heterocycles. The lowest BCUT2D eigenvalue weighted by molar-refractivity contribution is 0.157. The summed E-state index contributed by atoms with van der Waals surface area (Å²) in [6.45, 7) is 6.08. The zero-order valence-corrected chi connectivity index (χ0v) is 11.4. The summed E-state index contributed by atoms with van der Waals surface area (Å²) < 4.78 is 5.25. The topological polar surface area (TPSA) is 38.5 Å². The second-order valence-corrected chi connectivity index (χ2v) is 5.37. The Labute approximate surface area is 110 Å². The summed E-state index contributed by atoms with van der Waals surface area (Å²) in [5.41, 5.74) is 8.80. The largest absolute Gasteiger partial charge is 0.380 e. The molecule has 3 nitrogen and oxygen atoms in total. The van der Waals surface area contributed by atoms with Gasteiger partial charge in [0.2, 0.25) is 0 Å². The summed E-state index contributed by atoms with van der Waals surface area (Å²) in [6, 6.07) is 8.82. The van der Waals surface area contributed by atoms with Crippen molar-refractivity contribution < 1.29 is 4.74 Å². The van der Waals surface area contributed by atoms with Gasteiger partial charge < -0.3 is 10.5 Å². The molecule has 2 atom stereocenters. The van der Waals surface area contributed by atoms with Gasteiger partial charge in [0.1, 0.15) is 0 Å². The van der Waals surface area contributed by atoms with E-state index >= 15 is 0 Å². The number of likely N-dealkylation sites (tertiary alicyclic amines) is 1. The number of piperidine rings is 1. The predicted octanol–water partition coefficient (Wildman–Crippen LogP) is 2.00. The molecule has 1 aromatic carbocycles. The fourth-order valence-electron chi connectivity index (χ4n) is 2.56. The molecule has 0 aliphatic carbocycles. The summed E-state index contributed by atoms with van der Waals surface area (Å²) in [4.78, 5) is 2.46. The van der Waals surface area contributed by atoms with Gasteiger partial charge in [-0.05, 0) is 30.0 Å². The van der Waals surface area contributed by atoms with Crippen LogP contribution in [0.3, 0.4) is 0 Å². The number of nitrogens with zero attached hydrogens (tertiary/aromatic N) is 1. The second-order valence-electron chi connectivity index (χ2n) is 5.37. The van der Waals surface area contributed by atoms with Crippen LogP contribution in [0.25, 0.3) is 0 Å². The monoisotopic (exact) mass is 248 g/mol. The molecule has 3 heteroatoms. The van der Waals surface area contributed by atoms with E-state index in [-0.39, 0.29) is 0 Å². The molecule has 1 aliphatic heterocycles. The maximum atomic E-state index is 6.15. The van der Waals surface area contributed by atoms with E-state index in [1.165, 1.54) is 17.5 Å². The van der Waals surface area contributed by atoms with Crippen LogP contribution >= 0.6 is 0 Å². The molecule has 1 aliphatic rings. The van der Waals surface area contributed by atoms with Crippen LogP contribution in [0.15, 0.2) is 24.3 Å². The first-order chi connectivity index (χ1) is 8.70. The molecule has 0 aromatic heterocycles. The third kappa shape index (κ3) is 3.31. The fraction of sp³-hybridized carbons (Fsp3) is 0.600. The molecule has 0 radical (unpaired) electrons. The van der Waals surface area contributed by atoms with E-state index in [4.69, 9.17) is 10.5 Å². The van der Waals surface area contributed by atoms with Crippen molar-refractivity contribution in [2.45, 2.75) is 32.5 Å². The molecule has 0 spiro atoms. The molecule has 100 valence electrons. The summed E-state index contributed by atoms with van der Waals surface area (Å²) in [5.74, 6) is 0.649. The molecule has 0 amide bonds. The maximum absolute atomic E-state index is 6.15. The molecule has 1 fully saturated rings. The van der Waals surface area contributed by atoms with Gasteiger partial charge in [-0.1, -0.05) is 31.2 Å². The van der Waals surface area contributed by atoms with Crippen molar-refractivity contribution >= 4 is 0 Å². The van der Waals surface area contributed by atoms with Crippen molar-refractivity contribution in [3.8, 4) is 0 Å². The lowest BCUT2D eigenvalue weighted by atomic mass is 9.94. The lowest BCUT2D eigenvalue weighted by Crippen LogP contribution is -2.47. The highest BCUT2D eigenvalue weighted by Gasteiger charge is 2.23. The van der Waals surface area contributed by atoms with Crippen molar-refractivity contribution in [1.82, 2.24) is 4.90 Å². The summed E-state index contributed by atoms with van der Waals surface area (Å²) >= 11 is 0. The first kappa shape index (κ1) is 13.5. The molecular weight excluding hydrogens is 224 g/mol. The number of hydrogen-bond acceptors (Lipinski definition) is 3. The Kier molecular flexibility index (Phi) is 4.75. The minimum atomic E-state index is 0.313. The number of rotatable bonds is 4. The average Bonchev–Trinajstić information content (AvgIpc) is 2.37. The van der Waals surface area contributed by atoms with Crippen molar-refractivity contribution in [2.75, 3.05) is 20.2 Å². The van der Waals surface area contributed by atoms with Crippen LogP contribution in [0.2, 0.25) is 0 Å². The molecule has 0 saturated carbocycles. The molecule has 2 rings (SSSR count). The number of benzene rings is 1. The molecule has 0 bridgehead atoms. The quantitative estimate of drug-likeness (QED) is 0.885. The second kappa shape index (κ2) is 6.32. The molecule has 1 saturated heterocycles. The van der Waals surface area contributed by atoms with Gasteiger partial charge in [-0.3, -0.25) is 4.90 Å². The van der Waals surface area contributed by atoms with Crippen LogP contribution < -0.4 is 5.73 Å². The van der Waals surface area contributed by atoms with Gasteiger partial charge in [0, 0.05) is 26.2 Å². The summed E-state index contributed by atoms with van der Waals surface area (Å²) in [7, 11) is 1.75. The van der Waals surface area contributed by atoms with Gasteiger partial charge in [0.15, 0.2) is 0 Å². The Hall–Kier alpha value is -0.900. The molecule has 2 unspecified atom stereocenters. The SMILES string of the molecule is COCc1ccccc1CN1CCC(C)C(N)C1. The van der Waals surface area contributed by atoms with Gasteiger partial charge in [-0.25, -0.2) is 0 Å². The van der Waals surface area contributed by atoms with Crippen molar-refractivity contribution in [3.05, 3.63) is 35.4 Å². The number of hydrogen-bond donors (Lipinski definition) is 1. The Bertz CT molecular complexity index is 381. The lowest BCUT2D eigenvalue weighted by Gasteiger charge is -2.35. The van der Waals surface area contributed by atoms with E-state index in [0.717, 1.165) is 19.6 Å². The fourth-order valence-corrected chi connectivity index (χ4v) is 2.56. The standard InChI is InChI=1S/C15H24N2O/c1-12-7-8-17(10-15(12)16)9-13-5-3-4-6-14(13)11-18-2/h3-6,12,15H,7-11,16H2,1-2H3. The zero-order chi connectivity index (χ0) is 13.0. The Morgan fingerprint density at radius 2 is 2.06 bits per heavy atom. The van der Waals surface area contributed by atoms with Gasteiger partial charge in [-0.2, -0.15) is 0 Å². The van der Waals surface area contributed by atoms with Crippen LogP contribution in [0, 0.1) is 5.92 Å². The molecular formula is C15H24N2O. The highest BCUT2D eigenvalue weighted by molar-refractivity contribution is 5.26. The van der Waals surface area contributed by atoms with Crippen LogP contribution in [0.5, 0.6) is 0 Å². The van der Waals surface area contributed by atoms with Gasteiger partial charge in [-0.15, -0.1) is 0 Å². The van der Waals surface area contributed by atoms with Crippen molar-refractivity contribution in [3.63, 3.8) is 0 Å². The van der Waals surface area contributed by atoms with Crippen molar-refractivity contribution in [2.24, 2.45) is 11.7 Å². The Balaban J connectivity index is 2.01. The van der Waals surface area contributed by atoms with E-state index in [2.05, 4.69) is 36.1 Å². The maximum Gasteiger partial charge on any atom is 0.0716 e. The first-order valence-corrected chi connectivity index (χ1v) is 6.74. The Morgan fingerprint density at radius 1 is 1.33 bits per heavy atom. The van der Waals surface area contributed by atoms with Crippen LogP contribution in [0.1, 0.15) is 24.5 Å². The highest BCUT2D eigenvalue weighted by atomic mass is 16.5. The Morgan fingerprint density at radius 3 is 2.72 bits per heavy atom. The van der Waals surface area contributed by atoms with E-state index in [1.54, 1.807) is 7.11 Å². The van der Waals surface area contributed by atoms with E-state index in [1.807, 2.05) is 0 Å². The third-order valence-corrected chi connectivity index (χ3v) is 3.91. The van der Waals surface area contributed by atoms with Crippen LogP contribution in [-0.4, -0.2) is 31.1 Å². The minimum absolute atomic E-state index is 0.313. The van der Waals surface area contributed by atoms with Crippen LogP contribution in [-0.2, 0) is 17.9 Å². The summed E-state index contributed by atoms with van der Waals surface area (Å²) in [5, 5.41) is 0.